The maximum absolute atomic E-state index is 13.0. The normalized spacial score (nSPS) is 15.9. The number of carbonyl (C=O) groups is 1. The van der Waals surface area contributed by atoms with Crippen molar-refractivity contribution in [1.29, 1.82) is 0 Å². The second kappa shape index (κ2) is 9.54. The van der Waals surface area contributed by atoms with E-state index >= 15 is 0 Å². The number of amides is 1. The molecule has 1 saturated heterocycles. The molecule has 1 atom stereocenters. The number of nitrogens with zero attached hydrogens (tertiary/aromatic N) is 1. The van der Waals surface area contributed by atoms with Crippen molar-refractivity contribution in [2.45, 2.75) is 31.7 Å². The van der Waals surface area contributed by atoms with Gasteiger partial charge in [0.25, 0.3) is 0 Å². The van der Waals surface area contributed by atoms with Crippen LogP contribution < -0.4 is 18.9 Å². The molecule has 1 aliphatic rings. The van der Waals surface area contributed by atoms with Gasteiger partial charge in [0.15, 0.2) is 11.5 Å². The number of carbonyl (C=O) groups excluding carboxylic acids is 1. The van der Waals surface area contributed by atoms with E-state index in [1.165, 1.54) is 0 Å². The highest BCUT2D eigenvalue weighted by atomic mass is 16.5. The molecule has 0 radical (unpaired) electrons. The number of hydrogen-bond acceptors (Lipinski definition) is 5. The number of benzene rings is 2. The molecule has 0 spiro atoms. The Morgan fingerprint density at radius 1 is 0.966 bits per heavy atom. The summed E-state index contributed by atoms with van der Waals surface area (Å²) in [4.78, 5) is 15.0. The lowest BCUT2D eigenvalue weighted by molar-refractivity contribution is -0.132. The second-order valence-corrected chi connectivity index (χ2v) is 7.05. The fraction of sp³-hybridized carbons (Fsp3) is 0.435. The Hall–Kier alpha value is -2.89. The average molecular weight is 399 g/mol. The molecule has 0 saturated carbocycles. The van der Waals surface area contributed by atoms with Gasteiger partial charge >= 0.3 is 0 Å². The molecule has 1 aliphatic heterocycles. The Kier molecular flexibility index (Phi) is 6.86. The Balaban J connectivity index is 1.69. The molecule has 1 heterocycles. The standard InChI is InChI=1S/C23H29NO5/c1-26-18-10-8-17(9-11-18)19-6-5-13-24(19)22(25)12-7-16-14-20(27-2)23(29-4)21(15-16)28-3/h8-11,14-15,19H,5-7,12-13H2,1-4H3/t19-/m0/s1. The van der Waals surface area contributed by atoms with Gasteiger partial charge in [0.1, 0.15) is 5.75 Å². The van der Waals surface area contributed by atoms with Crippen LogP contribution in [0.1, 0.15) is 36.4 Å². The third kappa shape index (κ3) is 4.58. The minimum absolute atomic E-state index is 0.133. The van der Waals surface area contributed by atoms with E-state index in [1.807, 2.05) is 41.3 Å². The van der Waals surface area contributed by atoms with Gasteiger partial charge in [-0.05, 0) is 54.7 Å². The maximum Gasteiger partial charge on any atom is 0.223 e. The van der Waals surface area contributed by atoms with Crippen LogP contribution >= 0.6 is 0 Å². The number of hydrogen-bond donors (Lipinski definition) is 0. The molecule has 3 rings (SSSR count). The zero-order valence-electron chi connectivity index (χ0n) is 17.6. The molecule has 2 aromatic carbocycles. The van der Waals surface area contributed by atoms with Crippen molar-refractivity contribution in [3.63, 3.8) is 0 Å². The molecule has 6 nitrogen and oxygen atoms in total. The van der Waals surface area contributed by atoms with Crippen LogP contribution in [0.4, 0.5) is 0 Å². The van der Waals surface area contributed by atoms with Gasteiger partial charge in [-0.25, -0.2) is 0 Å². The van der Waals surface area contributed by atoms with Crippen LogP contribution in [0, 0.1) is 0 Å². The lowest BCUT2D eigenvalue weighted by Gasteiger charge is -2.25. The Bertz CT molecular complexity index is 809. The monoisotopic (exact) mass is 399 g/mol. The van der Waals surface area contributed by atoms with E-state index in [2.05, 4.69) is 0 Å². The van der Waals surface area contributed by atoms with Crippen LogP contribution in [0.15, 0.2) is 36.4 Å². The summed E-state index contributed by atoms with van der Waals surface area (Å²) in [7, 11) is 6.42. The van der Waals surface area contributed by atoms with E-state index < -0.39 is 0 Å². The first kappa shape index (κ1) is 20.8. The molecule has 0 aromatic heterocycles. The quantitative estimate of drug-likeness (QED) is 0.671. The molecule has 156 valence electrons. The molecule has 0 N–H and O–H groups in total. The van der Waals surface area contributed by atoms with Crippen molar-refractivity contribution in [1.82, 2.24) is 4.90 Å². The molecular weight excluding hydrogens is 370 g/mol. The number of rotatable bonds is 8. The van der Waals surface area contributed by atoms with Gasteiger partial charge in [0, 0.05) is 13.0 Å². The van der Waals surface area contributed by atoms with Crippen molar-refractivity contribution in [2.24, 2.45) is 0 Å². The Labute approximate surface area is 172 Å². The minimum Gasteiger partial charge on any atom is -0.497 e. The molecule has 1 fully saturated rings. The fourth-order valence-electron chi connectivity index (χ4n) is 3.91. The van der Waals surface area contributed by atoms with Crippen LogP contribution in [-0.4, -0.2) is 45.8 Å². The zero-order valence-corrected chi connectivity index (χ0v) is 17.6. The largest absolute Gasteiger partial charge is 0.497 e. The molecule has 0 bridgehead atoms. The lowest BCUT2D eigenvalue weighted by atomic mass is 10.0. The van der Waals surface area contributed by atoms with Crippen molar-refractivity contribution in [2.75, 3.05) is 35.0 Å². The summed E-state index contributed by atoms with van der Waals surface area (Å²) in [6.45, 7) is 0.796. The average Bonchev–Trinajstić information content (AvgIpc) is 3.26. The number of likely N-dealkylation sites (tertiary alicyclic amines) is 1. The summed E-state index contributed by atoms with van der Waals surface area (Å²) < 4.78 is 21.4. The third-order valence-corrected chi connectivity index (χ3v) is 5.43. The molecule has 2 aromatic rings. The first-order valence-corrected chi connectivity index (χ1v) is 9.83. The predicted molar refractivity (Wildman–Crippen MR) is 111 cm³/mol. The van der Waals surface area contributed by atoms with Gasteiger partial charge in [-0.2, -0.15) is 0 Å². The van der Waals surface area contributed by atoms with E-state index in [-0.39, 0.29) is 11.9 Å². The summed E-state index contributed by atoms with van der Waals surface area (Å²) in [6, 6.07) is 11.9. The van der Waals surface area contributed by atoms with Gasteiger partial charge in [-0.3, -0.25) is 4.79 Å². The zero-order chi connectivity index (χ0) is 20.8. The number of aryl methyl sites for hydroxylation is 1. The van der Waals surface area contributed by atoms with Gasteiger partial charge in [-0.15, -0.1) is 0 Å². The summed E-state index contributed by atoms with van der Waals surface area (Å²) in [5.74, 6) is 2.76. The molecule has 29 heavy (non-hydrogen) atoms. The van der Waals surface area contributed by atoms with E-state index in [1.54, 1.807) is 28.4 Å². The summed E-state index contributed by atoms with van der Waals surface area (Å²) in [5, 5.41) is 0. The van der Waals surface area contributed by atoms with Crippen molar-refractivity contribution in [3.05, 3.63) is 47.5 Å². The van der Waals surface area contributed by atoms with Crippen LogP contribution in [0.2, 0.25) is 0 Å². The lowest BCUT2D eigenvalue weighted by Crippen LogP contribution is -2.30. The van der Waals surface area contributed by atoms with Crippen LogP contribution in [0.3, 0.4) is 0 Å². The molecular formula is C23H29NO5. The first-order valence-electron chi connectivity index (χ1n) is 9.83. The molecule has 0 unspecified atom stereocenters. The molecule has 0 aliphatic carbocycles. The van der Waals surface area contributed by atoms with Crippen LogP contribution in [0.25, 0.3) is 0 Å². The Morgan fingerprint density at radius 3 is 2.17 bits per heavy atom. The van der Waals surface area contributed by atoms with Crippen molar-refractivity contribution >= 4 is 5.91 Å². The van der Waals surface area contributed by atoms with E-state index in [0.29, 0.717) is 30.1 Å². The third-order valence-electron chi connectivity index (χ3n) is 5.43. The van der Waals surface area contributed by atoms with E-state index in [4.69, 9.17) is 18.9 Å². The minimum atomic E-state index is 0.133. The number of ether oxygens (including phenoxy) is 4. The fourth-order valence-corrected chi connectivity index (χ4v) is 3.91. The van der Waals surface area contributed by atoms with E-state index in [0.717, 1.165) is 36.3 Å². The smallest absolute Gasteiger partial charge is 0.223 e. The SMILES string of the molecule is COc1ccc([C@@H]2CCCN2C(=O)CCc2cc(OC)c(OC)c(OC)c2)cc1. The van der Waals surface area contributed by atoms with E-state index in [9.17, 15) is 4.79 Å². The van der Waals surface area contributed by atoms with Crippen molar-refractivity contribution in [3.8, 4) is 23.0 Å². The first-order chi connectivity index (χ1) is 14.1. The summed E-state index contributed by atoms with van der Waals surface area (Å²) in [6.07, 6.45) is 3.06. The van der Waals surface area contributed by atoms with Gasteiger partial charge in [0.05, 0.1) is 34.5 Å². The number of methoxy groups -OCH3 is 4. The topological polar surface area (TPSA) is 57.2 Å². The highest BCUT2D eigenvalue weighted by molar-refractivity contribution is 5.77. The Morgan fingerprint density at radius 2 is 1.62 bits per heavy atom. The molecule has 6 heteroatoms. The van der Waals surface area contributed by atoms with Crippen LogP contribution in [-0.2, 0) is 11.2 Å². The maximum atomic E-state index is 13.0. The second-order valence-electron chi connectivity index (χ2n) is 7.05. The van der Waals surface area contributed by atoms with Gasteiger partial charge < -0.3 is 23.8 Å². The molecule has 1 amide bonds. The summed E-state index contributed by atoms with van der Waals surface area (Å²) in [5.41, 5.74) is 2.14. The highest BCUT2D eigenvalue weighted by Crippen LogP contribution is 2.39. The highest BCUT2D eigenvalue weighted by Gasteiger charge is 2.29. The van der Waals surface area contributed by atoms with Gasteiger partial charge in [-0.1, -0.05) is 12.1 Å². The van der Waals surface area contributed by atoms with Crippen molar-refractivity contribution < 1.29 is 23.7 Å². The predicted octanol–water partition coefficient (Wildman–Crippen LogP) is 4.02. The van der Waals surface area contributed by atoms with Gasteiger partial charge in [0.2, 0.25) is 11.7 Å². The summed E-state index contributed by atoms with van der Waals surface area (Å²) >= 11 is 0. The van der Waals surface area contributed by atoms with Crippen LogP contribution in [0.5, 0.6) is 23.0 Å².